The number of carbonyl (C=O) groups excluding carboxylic acids is 2. The minimum absolute atomic E-state index is 0.0705. The van der Waals surface area contributed by atoms with Gasteiger partial charge in [0.25, 0.3) is 5.91 Å². The van der Waals surface area contributed by atoms with Crippen LogP contribution in [-0.2, 0) is 14.8 Å². The number of benzene rings is 1. The minimum Gasteiger partial charge on any atom is -0.352 e. The lowest BCUT2D eigenvalue weighted by Crippen LogP contribution is -2.39. The maximum atomic E-state index is 12.3. The molecule has 7 nitrogen and oxygen atoms in total. The highest BCUT2D eigenvalue weighted by molar-refractivity contribution is 7.92. The molecule has 25 heavy (non-hydrogen) atoms. The molecule has 0 atom stereocenters. The summed E-state index contributed by atoms with van der Waals surface area (Å²) in [6.07, 6.45) is 3.31. The molecule has 2 aliphatic rings. The molecule has 136 valence electrons. The maximum absolute atomic E-state index is 12.3. The van der Waals surface area contributed by atoms with Crippen LogP contribution in [0.4, 0.5) is 5.69 Å². The van der Waals surface area contributed by atoms with E-state index in [1.54, 1.807) is 0 Å². The van der Waals surface area contributed by atoms with E-state index in [9.17, 15) is 18.0 Å². The summed E-state index contributed by atoms with van der Waals surface area (Å²) in [5.41, 5.74) is 0.566. The molecule has 1 aliphatic carbocycles. The van der Waals surface area contributed by atoms with Gasteiger partial charge in [-0.15, -0.1) is 0 Å². The van der Waals surface area contributed by atoms with Gasteiger partial charge in [0, 0.05) is 18.2 Å². The molecule has 1 heterocycles. The largest absolute Gasteiger partial charge is 0.352 e. The third-order valence-corrected chi connectivity index (χ3v) is 6.35. The summed E-state index contributed by atoms with van der Waals surface area (Å²) in [5, 5.41) is 5.59. The maximum Gasteiger partial charge on any atom is 0.251 e. The number of hydrogen-bond donors (Lipinski definition) is 2. The number of rotatable bonds is 5. The predicted octanol–water partition coefficient (Wildman–Crippen LogP) is 1.28. The lowest BCUT2D eigenvalue weighted by atomic mass is 10.1. The van der Waals surface area contributed by atoms with E-state index in [0.29, 0.717) is 18.7 Å². The number of sulfonamides is 1. The van der Waals surface area contributed by atoms with E-state index in [1.807, 2.05) is 0 Å². The molecule has 1 saturated heterocycles. The van der Waals surface area contributed by atoms with Crippen LogP contribution in [0.1, 0.15) is 36.0 Å². The molecule has 0 aromatic heterocycles. The molecule has 9 heteroatoms. The van der Waals surface area contributed by atoms with Crippen LogP contribution in [0.15, 0.2) is 18.2 Å². The van der Waals surface area contributed by atoms with E-state index in [0.717, 1.165) is 19.3 Å². The smallest absolute Gasteiger partial charge is 0.251 e. The zero-order valence-corrected chi connectivity index (χ0v) is 15.2. The third-order valence-electron chi connectivity index (χ3n) is 4.18. The van der Waals surface area contributed by atoms with Gasteiger partial charge in [-0.2, -0.15) is 0 Å². The van der Waals surface area contributed by atoms with E-state index in [4.69, 9.17) is 11.6 Å². The average Bonchev–Trinajstić information content (AvgIpc) is 3.37. The molecular weight excluding hydrogens is 366 g/mol. The number of amides is 2. The van der Waals surface area contributed by atoms with Crippen molar-refractivity contribution in [3.63, 3.8) is 0 Å². The van der Waals surface area contributed by atoms with Gasteiger partial charge >= 0.3 is 0 Å². The van der Waals surface area contributed by atoms with Crippen LogP contribution >= 0.6 is 11.6 Å². The molecule has 1 aromatic rings. The monoisotopic (exact) mass is 385 g/mol. The van der Waals surface area contributed by atoms with Crippen molar-refractivity contribution in [1.82, 2.24) is 10.6 Å². The number of halogens is 1. The standard InChI is InChI=1S/C16H20ClN3O4S/c17-13-6-3-11(16(22)18-10-15(21)19-12-4-5-12)9-14(13)20-7-1-2-8-25(20,23)24/h3,6,9,12H,1-2,4-5,7-8,10H2,(H,18,22)(H,19,21). The molecule has 2 amide bonds. The number of nitrogens with one attached hydrogen (secondary N) is 2. The van der Waals surface area contributed by atoms with E-state index >= 15 is 0 Å². The van der Waals surface area contributed by atoms with E-state index < -0.39 is 15.9 Å². The zero-order valence-electron chi connectivity index (χ0n) is 13.6. The first kappa shape index (κ1) is 18.0. The van der Waals surface area contributed by atoms with Crippen LogP contribution < -0.4 is 14.9 Å². The molecule has 0 bridgehead atoms. The van der Waals surface area contributed by atoms with E-state index in [2.05, 4.69) is 10.6 Å². The van der Waals surface area contributed by atoms with Gasteiger partial charge in [0.2, 0.25) is 15.9 Å². The SMILES string of the molecule is O=C(CNC(=O)c1ccc(Cl)c(N2CCCCS2(=O)=O)c1)NC1CC1. The Morgan fingerprint density at radius 3 is 2.68 bits per heavy atom. The summed E-state index contributed by atoms with van der Waals surface area (Å²) in [4.78, 5) is 23.9. The second-order valence-corrected chi connectivity index (χ2v) is 8.71. The van der Waals surface area contributed by atoms with Gasteiger partial charge < -0.3 is 10.6 Å². The summed E-state index contributed by atoms with van der Waals surface area (Å²) in [6, 6.07) is 4.70. The second-order valence-electron chi connectivity index (χ2n) is 6.29. The highest BCUT2D eigenvalue weighted by Crippen LogP contribution is 2.31. The Hall–Kier alpha value is -1.80. The van der Waals surface area contributed by atoms with Crippen molar-refractivity contribution in [2.45, 2.75) is 31.7 Å². The van der Waals surface area contributed by atoms with E-state index in [-0.39, 0.29) is 34.8 Å². The summed E-state index contributed by atoms with van der Waals surface area (Å²) in [7, 11) is -3.42. The highest BCUT2D eigenvalue weighted by Gasteiger charge is 2.28. The normalized spacial score (nSPS) is 19.3. The van der Waals surface area contributed by atoms with Crippen molar-refractivity contribution in [3.8, 4) is 0 Å². The molecule has 0 unspecified atom stereocenters. The lowest BCUT2D eigenvalue weighted by molar-refractivity contribution is -0.120. The summed E-state index contributed by atoms with van der Waals surface area (Å²) in [6.45, 7) is 0.228. The van der Waals surface area contributed by atoms with Crippen molar-refractivity contribution in [3.05, 3.63) is 28.8 Å². The van der Waals surface area contributed by atoms with Gasteiger partial charge in [-0.25, -0.2) is 8.42 Å². The predicted molar refractivity (Wildman–Crippen MR) is 95.3 cm³/mol. The summed E-state index contributed by atoms with van der Waals surface area (Å²) in [5.74, 6) is -0.608. The fraction of sp³-hybridized carbons (Fsp3) is 0.500. The molecule has 1 aliphatic heterocycles. The Morgan fingerprint density at radius 2 is 2.00 bits per heavy atom. The first-order valence-corrected chi connectivity index (χ1v) is 10.2. The fourth-order valence-electron chi connectivity index (χ4n) is 2.67. The number of anilines is 1. The Balaban J connectivity index is 1.71. The quantitative estimate of drug-likeness (QED) is 0.798. The molecule has 2 N–H and O–H groups in total. The first-order chi connectivity index (χ1) is 11.9. The van der Waals surface area contributed by atoms with Crippen molar-refractivity contribution >= 4 is 39.1 Å². The molecule has 0 radical (unpaired) electrons. The van der Waals surface area contributed by atoms with Gasteiger partial charge in [-0.05, 0) is 43.9 Å². The Bertz CT molecular complexity index is 793. The average molecular weight is 386 g/mol. The molecule has 1 aromatic carbocycles. The van der Waals surface area contributed by atoms with Crippen LogP contribution in [0.2, 0.25) is 5.02 Å². The molecule has 3 rings (SSSR count). The van der Waals surface area contributed by atoms with Crippen LogP contribution in [0.5, 0.6) is 0 Å². The molecular formula is C16H20ClN3O4S. The van der Waals surface area contributed by atoms with Crippen molar-refractivity contribution in [1.29, 1.82) is 0 Å². The molecule has 2 fully saturated rings. The fourth-order valence-corrected chi connectivity index (χ4v) is 4.59. The van der Waals surface area contributed by atoms with Crippen LogP contribution in [0.3, 0.4) is 0 Å². The first-order valence-electron chi connectivity index (χ1n) is 8.24. The second kappa shape index (κ2) is 7.21. The van der Waals surface area contributed by atoms with Gasteiger partial charge in [-0.1, -0.05) is 11.6 Å². The Morgan fingerprint density at radius 1 is 1.24 bits per heavy atom. The van der Waals surface area contributed by atoms with Crippen LogP contribution in [-0.4, -0.2) is 45.1 Å². The highest BCUT2D eigenvalue weighted by atomic mass is 35.5. The number of hydrogen-bond acceptors (Lipinski definition) is 4. The molecule has 0 spiro atoms. The summed E-state index contributed by atoms with van der Waals surface area (Å²) >= 11 is 6.15. The zero-order chi connectivity index (χ0) is 18.0. The van der Waals surface area contributed by atoms with Gasteiger partial charge in [0.15, 0.2) is 0 Å². The summed E-state index contributed by atoms with van der Waals surface area (Å²) < 4.78 is 25.8. The van der Waals surface area contributed by atoms with Crippen molar-refractivity contribution < 1.29 is 18.0 Å². The third kappa shape index (κ3) is 4.43. The minimum atomic E-state index is -3.42. The van der Waals surface area contributed by atoms with E-state index in [1.165, 1.54) is 22.5 Å². The lowest BCUT2D eigenvalue weighted by Gasteiger charge is -2.29. The Labute approximate surface area is 151 Å². The Kier molecular flexibility index (Phi) is 5.19. The van der Waals surface area contributed by atoms with Crippen LogP contribution in [0.25, 0.3) is 0 Å². The van der Waals surface area contributed by atoms with Crippen LogP contribution in [0, 0.1) is 0 Å². The van der Waals surface area contributed by atoms with Gasteiger partial charge in [0.05, 0.1) is 23.0 Å². The number of carbonyl (C=O) groups is 2. The van der Waals surface area contributed by atoms with Gasteiger partial charge in [-0.3, -0.25) is 13.9 Å². The van der Waals surface area contributed by atoms with Crippen molar-refractivity contribution in [2.24, 2.45) is 0 Å². The number of nitrogens with zero attached hydrogens (tertiary/aromatic N) is 1. The van der Waals surface area contributed by atoms with Gasteiger partial charge in [0.1, 0.15) is 0 Å². The molecule has 1 saturated carbocycles. The topological polar surface area (TPSA) is 95.6 Å². The van der Waals surface area contributed by atoms with Crippen molar-refractivity contribution in [2.75, 3.05) is 23.1 Å².